The van der Waals surface area contributed by atoms with Gasteiger partial charge in [0.05, 0.1) is 11.3 Å². The van der Waals surface area contributed by atoms with Crippen molar-refractivity contribution in [3.05, 3.63) is 52.0 Å². The van der Waals surface area contributed by atoms with E-state index in [9.17, 15) is 9.18 Å². The Kier molecular flexibility index (Phi) is 3.80. The Morgan fingerprint density at radius 2 is 2.21 bits per heavy atom. The monoisotopic (exact) mass is 323 g/mol. The molecule has 98 valence electrons. The third kappa shape index (κ3) is 2.90. The highest BCUT2D eigenvalue weighted by Gasteiger charge is 2.14. The van der Waals surface area contributed by atoms with Gasteiger partial charge in [-0.3, -0.25) is 9.78 Å². The van der Waals surface area contributed by atoms with Crippen LogP contribution >= 0.6 is 15.9 Å². The molecule has 0 saturated carbocycles. The number of carbonyl (C=O) groups excluding carboxylic acids is 1. The molecule has 6 heteroatoms. The van der Waals surface area contributed by atoms with E-state index < -0.39 is 11.7 Å². The number of aromatic nitrogens is 1. The summed E-state index contributed by atoms with van der Waals surface area (Å²) in [5, 5.41) is 2.47. The lowest BCUT2D eigenvalue weighted by atomic mass is 10.2. The van der Waals surface area contributed by atoms with Crippen LogP contribution in [0.15, 0.2) is 34.9 Å². The first-order chi connectivity index (χ1) is 8.99. The maximum atomic E-state index is 13.6. The average molecular weight is 324 g/mol. The number of carbonyl (C=O) groups is 1. The SMILES string of the molecule is Cc1cc(N)c(C(=O)Nc2c(F)cccc2Br)cn1. The Morgan fingerprint density at radius 3 is 2.84 bits per heavy atom. The maximum Gasteiger partial charge on any atom is 0.259 e. The van der Waals surface area contributed by atoms with Crippen molar-refractivity contribution in [2.24, 2.45) is 0 Å². The Morgan fingerprint density at radius 1 is 1.47 bits per heavy atom. The fourth-order valence-corrected chi connectivity index (χ4v) is 2.01. The summed E-state index contributed by atoms with van der Waals surface area (Å²) < 4.78 is 14.1. The predicted octanol–water partition coefficient (Wildman–Crippen LogP) is 3.13. The maximum absolute atomic E-state index is 13.6. The molecule has 0 unspecified atom stereocenters. The topological polar surface area (TPSA) is 68.0 Å². The van der Waals surface area contributed by atoms with Gasteiger partial charge in [0.25, 0.3) is 5.91 Å². The smallest absolute Gasteiger partial charge is 0.259 e. The minimum atomic E-state index is -0.527. The van der Waals surface area contributed by atoms with E-state index in [1.165, 1.54) is 18.3 Å². The van der Waals surface area contributed by atoms with Gasteiger partial charge in [-0.15, -0.1) is 0 Å². The molecule has 0 saturated heterocycles. The summed E-state index contributed by atoms with van der Waals surface area (Å²) in [7, 11) is 0. The van der Waals surface area contributed by atoms with Crippen LogP contribution in [-0.4, -0.2) is 10.9 Å². The number of halogens is 2. The lowest BCUT2D eigenvalue weighted by Crippen LogP contribution is -2.16. The summed E-state index contributed by atoms with van der Waals surface area (Å²) in [6.07, 6.45) is 1.37. The number of para-hydroxylation sites is 1. The molecule has 3 N–H and O–H groups in total. The summed E-state index contributed by atoms with van der Waals surface area (Å²) in [5.74, 6) is -1.03. The number of benzene rings is 1. The molecule has 1 amide bonds. The second-order valence-electron chi connectivity index (χ2n) is 3.96. The number of nitrogens with one attached hydrogen (secondary N) is 1. The highest BCUT2D eigenvalue weighted by atomic mass is 79.9. The first kappa shape index (κ1) is 13.5. The lowest BCUT2D eigenvalue weighted by molar-refractivity contribution is 0.102. The molecule has 0 bridgehead atoms. The zero-order valence-electron chi connectivity index (χ0n) is 10.1. The summed E-state index contributed by atoms with van der Waals surface area (Å²) in [5.41, 5.74) is 7.04. The van der Waals surface area contributed by atoms with Crippen LogP contribution < -0.4 is 11.1 Å². The number of hydrogen-bond acceptors (Lipinski definition) is 3. The largest absolute Gasteiger partial charge is 0.398 e. The predicted molar refractivity (Wildman–Crippen MR) is 75.4 cm³/mol. The summed E-state index contributed by atoms with van der Waals surface area (Å²) in [4.78, 5) is 16.0. The molecular weight excluding hydrogens is 313 g/mol. The van der Waals surface area contributed by atoms with Crippen molar-refractivity contribution in [1.82, 2.24) is 4.98 Å². The van der Waals surface area contributed by atoms with Crippen LogP contribution in [0.1, 0.15) is 16.1 Å². The first-order valence-corrected chi connectivity index (χ1v) is 6.26. The van der Waals surface area contributed by atoms with Crippen LogP contribution in [0.4, 0.5) is 15.8 Å². The number of pyridine rings is 1. The second kappa shape index (κ2) is 5.36. The van der Waals surface area contributed by atoms with Gasteiger partial charge in [0.1, 0.15) is 5.82 Å². The molecule has 1 heterocycles. The van der Waals surface area contributed by atoms with Gasteiger partial charge < -0.3 is 11.1 Å². The van der Waals surface area contributed by atoms with Gasteiger partial charge >= 0.3 is 0 Å². The molecule has 1 aromatic heterocycles. The molecule has 0 spiro atoms. The van der Waals surface area contributed by atoms with Gasteiger partial charge in [0.2, 0.25) is 0 Å². The van der Waals surface area contributed by atoms with E-state index in [1.807, 2.05) is 0 Å². The Labute approximate surface area is 118 Å². The molecule has 2 aromatic rings. The molecule has 2 rings (SSSR count). The number of aryl methyl sites for hydroxylation is 1. The van der Waals surface area contributed by atoms with Gasteiger partial charge in [-0.05, 0) is 41.1 Å². The fraction of sp³-hybridized carbons (Fsp3) is 0.0769. The van der Waals surface area contributed by atoms with Crippen molar-refractivity contribution in [2.75, 3.05) is 11.1 Å². The van der Waals surface area contributed by atoms with Crippen molar-refractivity contribution >= 4 is 33.2 Å². The third-order valence-electron chi connectivity index (χ3n) is 2.52. The van der Waals surface area contributed by atoms with Crippen molar-refractivity contribution < 1.29 is 9.18 Å². The van der Waals surface area contributed by atoms with Crippen LogP contribution in [0.25, 0.3) is 0 Å². The number of rotatable bonds is 2. The van der Waals surface area contributed by atoms with Gasteiger partial charge in [0, 0.05) is 22.1 Å². The summed E-state index contributed by atoms with van der Waals surface area (Å²) >= 11 is 3.18. The molecule has 0 aliphatic rings. The molecular formula is C13H11BrFN3O. The van der Waals surface area contributed by atoms with Crippen LogP contribution in [0, 0.1) is 12.7 Å². The molecule has 0 atom stereocenters. The average Bonchev–Trinajstić information content (AvgIpc) is 2.33. The van der Waals surface area contributed by atoms with E-state index in [1.54, 1.807) is 19.1 Å². The van der Waals surface area contributed by atoms with E-state index in [-0.39, 0.29) is 11.3 Å². The van der Waals surface area contributed by atoms with E-state index in [0.717, 1.165) is 0 Å². The van der Waals surface area contributed by atoms with Crippen molar-refractivity contribution in [1.29, 1.82) is 0 Å². The molecule has 0 aliphatic heterocycles. The zero-order valence-corrected chi connectivity index (χ0v) is 11.7. The van der Waals surface area contributed by atoms with E-state index in [2.05, 4.69) is 26.2 Å². The normalized spacial score (nSPS) is 10.3. The number of nitrogens with zero attached hydrogens (tertiary/aromatic N) is 1. The minimum absolute atomic E-state index is 0.0764. The van der Waals surface area contributed by atoms with Crippen LogP contribution in [0.5, 0.6) is 0 Å². The zero-order chi connectivity index (χ0) is 14.0. The van der Waals surface area contributed by atoms with Crippen LogP contribution in [0.2, 0.25) is 0 Å². The molecule has 0 aliphatic carbocycles. The quantitative estimate of drug-likeness (QED) is 0.892. The van der Waals surface area contributed by atoms with Crippen molar-refractivity contribution in [2.45, 2.75) is 6.92 Å². The van der Waals surface area contributed by atoms with E-state index >= 15 is 0 Å². The number of anilines is 2. The first-order valence-electron chi connectivity index (χ1n) is 5.46. The molecule has 0 fully saturated rings. The third-order valence-corrected chi connectivity index (χ3v) is 3.18. The Bertz CT molecular complexity index is 626. The van der Waals surface area contributed by atoms with Gasteiger partial charge in [-0.25, -0.2) is 4.39 Å². The van der Waals surface area contributed by atoms with Gasteiger partial charge in [-0.1, -0.05) is 6.07 Å². The number of amides is 1. The van der Waals surface area contributed by atoms with Gasteiger partial charge in [-0.2, -0.15) is 0 Å². The summed E-state index contributed by atoms with van der Waals surface area (Å²) in [6.45, 7) is 1.77. The number of hydrogen-bond donors (Lipinski definition) is 2. The van der Waals surface area contributed by atoms with E-state index in [0.29, 0.717) is 15.9 Å². The molecule has 19 heavy (non-hydrogen) atoms. The highest BCUT2D eigenvalue weighted by Crippen LogP contribution is 2.26. The Balaban J connectivity index is 2.31. The highest BCUT2D eigenvalue weighted by molar-refractivity contribution is 9.10. The molecule has 4 nitrogen and oxygen atoms in total. The van der Waals surface area contributed by atoms with E-state index in [4.69, 9.17) is 5.73 Å². The molecule has 1 aromatic carbocycles. The van der Waals surface area contributed by atoms with Gasteiger partial charge in [0.15, 0.2) is 0 Å². The number of nitrogens with two attached hydrogens (primary N) is 1. The van der Waals surface area contributed by atoms with Crippen LogP contribution in [-0.2, 0) is 0 Å². The van der Waals surface area contributed by atoms with Crippen molar-refractivity contribution in [3.63, 3.8) is 0 Å². The molecule has 0 radical (unpaired) electrons. The minimum Gasteiger partial charge on any atom is -0.398 e. The van der Waals surface area contributed by atoms with Crippen LogP contribution in [0.3, 0.4) is 0 Å². The summed E-state index contributed by atoms with van der Waals surface area (Å²) in [6, 6.07) is 6.02. The van der Waals surface area contributed by atoms with Crippen molar-refractivity contribution in [3.8, 4) is 0 Å². The lowest BCUT2D eigenvalue weighted by Gasteiger charge is -2.10. The second-order valence-corrected chi connectivity index (χ2v) is 4.82. The Hall–Kier alpha value is -1.95. The fourth-order valence-electron chi connectivity index (χ4n) is 1.57. The number of nitrogen functional groups attached to an aromatic ring is 1. The standard InChI is InChI=1S/C13H11BrFN3O/c1-7-5-11(16)8(6-17-7)13(19)18-12-9(14)3-2-4-10(12)15/h2-6H,1H3,(H2,16,17)(H,18,19).